The summed E-state index contributed by atoms with van der Waals surface area (Å²) in [6.45, 7) is 0.264. The van der Waals surface area contributed by atoms with Crippen molar-refractivity contribution in [3.8, 4) is 11.5 Å². The Morgan fingerprint density at radius 3 is 0.610 bits per heavy atom. The molecule has 604 valence electrons. The molecule has 17 heteroatoms. The van der Waals surface area contributed by atoms with Gasteiger partial charge < -0.3 is 29.5 Å². The van der Waals surface area contributed by atoms with Crippen molar-refractivity contribution in [3.63, 3.8) is 0 Å². The Morgan fingerprint density at radius 2 is 0.407 bits per heavy atom. The third-order valence-corrected chi connectivity index (χ3v) is 23.1. The Bertz CT molecular complexity index is 5230. The second-order valence-corrected chi connectivity index (χ2v) is 31.9. The molecule has 0 aliphatic carbocycles. The van der Waals surface area contributed by atoms with Gasteiger partial charge in [0.2, 0.25) is 0 Å². The van der Waals surface area contributed by atoms with E-state index in [0.29, 0.717) is 23.0 Å². The van der Waals surface area contributed by atoms with Crippen molar-refractivity contribution in [2.75, 3.05) is 54.6 Å². The molecule has 0 saturated carbocycles. The monoisotopic (exact) mass is 1660 g/mol. The summed E-state index contributed by atoms with van der Waals surface area (Å²) in [6.07, 6.45) is 6.11. The maximum Gasteiger partial charge on any atom is 0.119 e. The lowest BCUT2D eigenvalue weighted by Gasteiger charge is -2.26. The number of anilines is 14. The molecular formula is C106H88N10O4S3. The molecule has 0 spiro atoms. The molecule has 14 nitrogen and oxygen atoms in total. The minimum absolute atomic E-state index is 0.132. The smallest absolute Gasteiger partial charge is 0.119 e. The van der Waals surface area contributed by atoms with Crippen LogP contribution in [0.3, 0.4) is 0 Å². The van der Waals surface area contributed by atoms with Crippen LogP contribution in [-0.4, -0.2) is 72.0 Å². The summed E-state index contributed by atoms with van der Waals surface area (Å²) in [4.78, 5) is 8.72. The van der Waals surface area contributed by atoms with Gasteiger partial charge in [-0.3, -0.25) is 0 Å². The fourth-order valence-electron chi connectivity index (χ4n) is 13.5. The summed E-state index contributed by atoms with van der Waals surface area (Å²) in [5, 5.41) is 50.1. The van der Waals surface area contributed by atoms with Crippen molar-refractivity contribution in [2.24, 2.45) is 20.4 Å². The zero-order valence-corrected chi connectivity index (χ0v) is 69.7. The summed E-state index contributed by atoms with van der Waals surface area (Å²) in [6, 6.07) is 147. The van der Waals surface area contributed by atoms with Gasteiger partial charge in [0.1, 0.15) is 24.7 Å². The van der Waals surface area contributed by atoms with Gasteiger partial charge in [0.15, 0.2) is 0 Å². The average Bonchev–Trinajstić information content (AvgIpc) is 0.804. The van der Waals surface area contributed by atoms with Crippen LogP contribution in [0.2, 0.25) is 0 Å². The number of aliphatic hydroxyl groups excluding tert-OH is 2. The molecule has 0 saturated heterocycles. The quantitative estimate of drug-likeness (QED) is 0.0220. The van der Waals surface area contributed by atoms with Gasteiger partial charge in [0.05, 0.1) is 82.6 Å². The van der Waals surface area contributed by atoms with E-state index in [1.807, 2.05) is 336 Å². The van der Waals surface area contributed by atoms with Crippen molar-refractivity contribution in [1.29, 1.82) is 0 Å². The van der Waals surface area contributed by atoms with Gasteiger partial charge in [-0.15, -0.1) is 23.5 Å². The summed E-state index contributed by atoms with van der Waals surface area (Å²) in [5.41, 5.74) is 17.1. The van der Waals surface area contributed by atoms with Gasteiger partial charge in [-0.05, 0) is 265 Å². The first kappa shape index (κ1) is 82.3. The molecule has 16 aromatic rings. The predicted octanol–water partition coefficient (Wildman–Crippen LogP) is 26.5. The summed E-state index contributed by atoms with van der Waals surface area (Å²) in [7, 11) is 0. The first-order valence-electron chi connectivity index (χ1n) is 40.5. The number of hydrogen-bond donors (Lipinski definition) is 2. The minimum atomic E-state index is -0.712. The first-order chi connectivity index (χ1) is 60.8. The zero-order chi connectivity index (χ0) is 83.4. The molecule has 0 aromatic heterocycles. The number of hydrazone groups is 4. The van der Waals surface area contributed by atoms with Crippen molar-refractivity contribution < 1.29 is 19.7 Å². The van der Waals surface area contributed by atoms with Crippen molar-refractivity contribution in [1.82, 2.24) is 0 Å². The van der Waals surface area contributed by atoms with Crippen molar-refractivity contribution in [3.05, 3.63) is 459 Å². The number of benzene rings is 16. The molecule has 0 bridgehead atoms. The highest BCUT2D eigenvalue weighted by atomic mass is 32.2. The van der Waals surface area contributed by atoms with E-state index in [1.54, 1.807) is 35.3 Å². The minimum Gasteiger partial charge on any atom is -0.491 e. The summed E-state index contributed by atoms with van der Waals surface area (Å²) >= 11 is 4.87. The van der Waals surface area contributed by atoms with E-state index in [0.717, 1.165) is 121 Å². The Balaban J connectivity index is 0.514. The van der Waals surface area contributed by atoms with Gasteiger partial charge in [-0.2, -0.15) is 20.4 Å². The molecule has 2 N–H and O–H groups in total. The molecule has 0 aliphatic rings. The fourth-order valence-corrected chi connectivity index (χ4v) is 15.9. The van der Waals surface area contributed by atoms with E-state index in [4.69, 9.17) is 29.9 Å². The van der Waals surface area contributed by atoms with Gasteiger partial charge in [0, 0.05) is 65.2 Å². The number of ether oxygens (including phenoxy) is 2. The molecule has 0 heterocycles. The highest BCUT2D eigenvalue weighted by molar-refractivity contribution is 8.00. The van der Waals surface area contributed by atoms with Crippen LogP contribution in [0, 0.1) is 0 Å². The molecule has 2 unspecified atom stereocenters. The number of thioether (sulfide) groups is 2. The van der Waals surface area contributed by atoms with E-state index >= 15 is 0 Å². The normalized spacial score (nSPS) is 11.9. The van der Waals surface area contributed by atoms with Crippen LogP contribution in [0.4, 0.5) is 79.6 Å². The van der Waals surface area contributed by atoms with E-state index in [-0.39, 0.29) is 13.2 Å². The van der Waals surface area contributed by atoms with Gasteiger partial charge in [-0.1, -0.05) is 206 Å². The largest absolute Gasteiger partial charge is 0.491 e. The molecule has 0 amide bonds. The third kappa shape index (κ3) is 22.7. The Hall–Kier alpha value is -14.4. The Kier molecular flexibility index (Phi) is 28.1. The molecule has 0 fully saturated rings. The predicted molar refractivity (Wildman–Crippen MR) is 514 cm³/mol. The van der Waals surface area contributed by atoms with Gasteiger partial charge >= 0.3 is 0 Å². The highest BCUT2D eigenvalue weighted by Gasteiger charge is 2.19. The van der Waals surface area contributed by atoms with E-state index in [2.05, 4.69) is 155 Å². The standard InChI is InChI=1S/C106H88N10O4S3/c117-99(77-119-101-61-57-89(58-62-101)111(85-49-41-81(42-50-85)73-107-113(91-25-9-1-10-26-91)92-27-11-2-12-28-92)86-51-43-82(44-52-86)74-108-114(93-29-13-3-14-30-93)94-31-15-4-16-32-94)79-121-103-65-69-105(70-66-103)123-106-71-67-104(68-72-106)122-80-100(118)78-120-102-63-59-90(60-64-102)112(87-53-45-83(46-54-87)75-109-115(95-33-17-5-18-34-95)96-35-19-6-20-36-96)88-55-47-84(48-56-88)76-110-116(97-37-21-7-22-38-97)98-39-23-8-24-40-98/h1-76,99-100,117-118H,77-80H2/b107-73+,108-74+,109-75+,110-76+. The van der Waals surface area contributed by atoms with Crippen LogP contribution in [-0.2, 0) is 0 Å². The Labute approximate surface area is 731 Å². The van der Waals surface area contributed by atoms with E-state index in [9.17, 15) is 10.2 Å². The molecular weight excluding hydrogens is 1570 g/mol. The lowest BCUT2D eigenvalue weighted by Crippen LogP contribution is -2.20. The number of para-hydroxylation sites is 8. The average molecular weight is 1660 g/mol. The molecule has 2 atom stereocenters. The van der Waals surface area contributed by atoms with E-state index < -0.39 is 12.2 Å². The summed E-state index contributed by atoms with van der Waals surface area (Å²) < 4.78 is 12.5. The lowest BCUT2D eigenvalue weighted by molar-refractivity contribution is 0.126. The highest BCUT2D eigenvalue weighted by Crippen LogP contribution is 2.40. The zero-order valence-electron chi connectivity index (χ0n) is 67.3. The number of aliphatic hydroxyl groups is 2. The summed E-state index contributed by atoms with van der Waals surface area (Å²) in [5.74, 6) is 2.22. The van der Waals surface area contributed by atoms with Crippen LogP contribution in [0.15, 0.2) is 477 Å². The van der Waals surface area contributed by atoms with Crippen molar-refractivity contribution in [2.45, 2.75) is 31.8 Å². The second kappa shape index (κ2) is 42.0. The maximum absolute atomic E-state index is 11.2. The van der Waals surface area contributed by atoms with Crippen LogP contribution < -0.4 is 39.3 Å². The lowest BCUT2D eigenvalue weighted by atomic mass is 10.1. The third-order valence-electron chi connectivity index (χ3n) is 19.7. The fraction of sp³-hybridized carbons (Fsp3) is 0.0566. The first-order valence-corrected chi connectivity index (χ1v) is 43.3. The van der Waals surface area contributed by atoms with Crippen LogP contribution >= 0.6 is 35.3 Å². The van der Waals surface area contributed by atoms with Crippen LogP contribution in [0.5, 0.6) is 11.5 Å². The van der Waals surface area contributed by atoms with Crippen molar-refractivity contribution >= 4 is 140 Å². The SMILES string of the molecule is OC(COc1ccc(N(c2ccc(/C=N/N(c3ccccc3)c3ccccc3)cc2)c2ccc(/C=N/N(c3ccccc3)c3ccccc3)cc2)cc1)CSc1ccc(Sc2ccc(SCC(O)COc3ccc(N(c4ccc(/C=N/N(c5ccccc5)c5ccccc5)cc4)c4ccc(/C=N/N(c5ccccc5)c5ccccc5)cc4)cc3)cc2)cc1. The van der Waals surface area contributed by atoms with E-state index in [1.165, 1.54) is 0 Å². The van der Waals surface area contributed by atoms with Crippen LogP contribution in [0.25, 0.3) is 0 Å². The molecule has 0 radical (unpaired) electrons. The molecule has 123 heavy (non-hydrogen) atoms. The maximum atomic E-state index is 11.2. The number of nitrogens with zero attached hydrogens (tertiary/aromatic N) is 10. The van der Waals surface area contributed by atoms with Gasteiger partial charge in [0.25, 0.3) is 0 Å². The number of rotatable bonds is 36. The molecule has 16 rings (SSSR count). The van der Waals surface area contributed by atoms with Crippen LogP contribution in [0.1, 0.15) is 22.3 Å². The number of hydrogen-bond acceptors (Lipinski definition) is 17. The Morgan fingerprint density at radius 1 is 0.220 bits per heavy atom. The molecule has 16 aromatic carbocycles. The second-order valence-electron chi connectivity index (χ2n) is 28.5. The van der Waals surface area contributed by atoms with Gasteiger partial charge in [-0.25, -0.2) is 20.0 Å². The topological polar surface area (TPSA) is 128 Å². The molecule has 0 aliphatic heterocycles.